The number of pyridine rings is 1. The summed E-state index contributed by atoms with van der Waals surface area (Å²) in [4.78, 5) is 15.4. The molecule has 0 aliphatic carbocycles. The molecule has 0 fully saturated rings. The lowest BCUT2D eigenvalue weighted by Crippen LogP contribution is -2.30. The molecule has 100 valence electrons. The van der Waals surface area contributed by atoms with Gasteiger partial charge in [0.1, 0.15) is 0 Å². The number of sulfonamides is 1. The van der Waals surface area contributed by atoms with Gasteiger partial charge in [-0.2, -0.15) is 0 Å². The summed E-state index contributed by atoms with van der Waals surface area (Å²) in [6.45, 7) is 0.805. The maximum Gasteiger partial charge on any atom is 0.252 e. The fraction of sp³-hybridized carbons (Fsp3) is 0.455. The molecule has 0 spiro atoms. The number of hydrogen-bond acceptors (Lipinski definition) is 4. The summed E-state index contributed by atoms with van der Waals surface area (Å²) in [7, 11) is -1.63. The third-order valence-electron chi connectivity index (χ3n) is 2.43. The highest BCUT2D eigenvalue weighted by atomic mass is 32.2. The molecule has 1 amide bonds. The van der Waals surface area contributed by atoms with E-state index in [0.29, 0.717) is 25.1 Å². The van der Waals surface area contributed by atoms with Gasteiger partial charge in [0.15, 0.2) is 0 Å². The fourth-order valence-electron chi connectivity index (χ4n) is 1.27. The van der Waals surface area contributed by atoms with Crippen LogP contribution in [0.3, 0.4) is 0 Å². The van der Waals surface area contributed by atoms with E-state index in [4.69, 9.17) is 0 Å². The van der Waals surface area contributed by atoms with E-state index in [1.165, 1.54) is 17.5 Å². The van der Waals surface area contributed by atoms with E-state index in [1.807, 2.05) is 0 Å². The van der Waals surface area contributed by atoms with Crippen molar-refractivity contribution in [3.8, 4) is 0 Å². The molecule has 1 N–H and O–H groups in total. The molecular weight excluding hydrogens is 254 g/mol. The van der Waals surface area contributed by atoms with E-state index in [-0.39, 0.29) is 5.91 Å². The smallest absolute Gasteiger partial charge is 0.252 e. The van der Waals surface area contributed by atoms with Crippen LogP contribution in [-0.4, -0.2) is 50.0 Å². The predicted octanol–water partition coefficient (Wildman–Crippen LogP) is 0.0929. The minimum atomic E-state index is -3.15. The molecule has 18 heavy (non-hydrogen) atoms. The van der Waals surface area contributed by atoms with Crippen LogP contribution in [0.25, 0.3) is 0 Å². The van der Waals surface area contributed by atoms with Crippen molar-refractivity contribution < 1.29 is 13.2 Å². The molecule has 1 heterocycles. The van der Waals surface area contributed by atoms with E-state index >= 15 is 0 Å². The first-order valence-electron chi connectivity index (χ1n) is 5.51. The Morgan fingerprint density at radius 1 is 1.50 bits per heavy atom. The molecular formula is C11H17N3O3S. The molecule has 0 saturated carbocycles. The van der Waals surface area contributed by atoms with Gasteiger partial charge < -0.3 is 5.32 Å². The highest BCUT2D eigenvalue weighted by Crippen LogP contribution is 1.96. The van der Waals surface area contributed by atoms with Crippen LogP contribution in [0.1, 0.15) is 16.8 Å². The molecule has 1 rings (SSSR count). The Bertz CT molecular complexity index is 488. The van der Waals surface area contributed by atoms with Gasteiger partial charge in [-0.25, -0.2) is 12.7 Å². The third kappa shape index (κ3) is 4.80. The molecule has 0 aliphatic rings. The minimum Gasteiger partial charge on any atom is -0.352 e. The van der Waals surface area contributed by atoms with Crippen LogP contribution in [0.5, 0.6) is 0 Å². The molecule has 0 unspecified atom stereocenters. The largest absolute Gasteiger partial charge is 0.352 e. The van der Waals surface area contributed by atoms with Crippen molar-refractivity contribution in [2.45, 2.75) is 6.42 Å². The van der Waals surface area contributed by atoms with Crippen molar-refractivity contribution in [1.82, 2.24) is 14.6 Å². The van der Waals surface area contributed by atoms with E-state index in [0.717, 1.165) is 6.26 Å². The molecule has 0 radical (unpaired) electrons. The zero-order valence-corrected chi connectivity index (χ0v) is 11.3. The Morgan fingerprint density at radius 3 is 2.78 bits per heavy atom. The number of nitrogens with zero attached hydrogens (tertiary/aromatic N) is 2. The Labute approximate surface area is 107 Å². The van der Waals surface area contributed by atoms with Gasteiger partial charge in [0.2, 0.25) is 10.0 Å². The highest BCUT2D eigenvalue weighted by Gasteiger charge is 2.10. The normalized spacial score (nSPS) is 11.5. The fourth-order valence-corrected chi connectivity index (χ4v) is 1.73. The lowest BCUT2D eigenvalue weighted by atomic mass is 10.2. The van der Waals surface area contributed by atoms with Gasteiger partial charge in [0, 0.05) is 32.5 Å². The second-order valence-corrected chi connectivity index (χ2v) is 6.03. The average Bonchev–Trinajstić information content (AvgIpc) is 2.34. The average molecular weight is 271 g/mol. The summed E-state index contributed by atoms with van der Waals surface area (Å²) >= 11 is 0. The van der Waals surface area contributed by atoms with Gasteiger partial charge in [-0.3, -0.25) is 9.78 Å². The highest BCUT2D eigenvalue weighted by molar-refractivity contribution is 7.88. The van der Waals surface area contributed by atoms with Crippen LogP contribution in [0.15, 0.2) is 24.5 Å². The van der Waals surface area contributed by atoms with Crippen molar-refractivity contribution in [1.29, 1.82) is 0 Å². The second kappa shape index (κ2) is 6.46. The molecule has 0 aromatic carbocycles. The van der Waals surface area contributed by atoms with Gasteiger partial charge in [0.25, 0.3) is 5.91 Å². The SMILES string of the molecule is CN(CCCNC(=O)c1cccnc1)S(C)(=O)=O. The third-order valence-corrected chi connectivity index (χ3v) is 3.74. The van der Waals surface area contributed by atoms with Crippen LogP contribution < -0.4 is 5.32 Å². The summed E-state index contributed by atoms with van der Waals surface area (Å²) in [6.07, 6.45) is 4.80. The van der Waals surface area contributed by atoms with Gasteiger partial charge in [-0.15, -0.1) is 0 Å². The van der Waals surface area contributed by atoms with E-state index in [9.17, 15) is 13.2 Å². The van der Waals surface area contributed by atoms with Crippen molar-refractivity contribution in [2.24, 2.45) is 0 Å². The Kier molecular flexibility index (Phi) is 5.24. The van der Waals surface area contributed by atoms with Gasteiger partial charge in [-0.1, -0.05) is 0 Å². The zero-order chi connectivity index (χ0) is 13.6. The van der Waals surface area contributed by atoms with E-state index in [1.54, 1.807) is 18.3 Å². The molecule has 0 saturated heterocycles. The Morgan fingerprint density at radius 2 is 2.22 bits per heavy atom. The summed E-state index contributed by atoms with van der Waals surface area (Å²) in [5.41, 5.74) is 0.494. The first-order chi connectivity index (χ1) is 8.41. The van der Waals surface area contributed by atoms with E-state index < -0.39 is 10.0 Å². The summed E-state index contributed by atoms with van der Waals surface area (Å²) in [6, 6.07) is 3.36. The van der Waals surface area contributed by atoms with Crippen LogP contribution in [-0.2, 0) is 10.0 Å². The molecule has 0 bridgehead atoms. The van der Waals surface area contributed by atoms with E-state index in [2.05, 4.69) is 10.3 Å². The summed E-state index contributed by atoms with van der Waals surface area (Å²) in [5, 5.41) is 2.71. The molecule has 1 aromatic heterocycles. The number of hydrogen-bond donors (Lipinski definition) is 1. The molecule has 6 nitrogen and oxygen atoms in total. The quantitative estimate of drug-likeness (QED) is 0.744. The standard InChI is InChI=1S/C11H17N3O3S/c1-14(18(2,16)17)8-4-7-13-11(15)10-5-3-6-12-9-10/h3,5-6,9H,4,7-8H2,1-2H3,(H,13,15). The molecule has 7 heteroatoms. The van der Waals surface area contributed by atoms with Crippen molar-refractivity contribution >= 4 is 15.9 Å². The first kappa shape index (κ1) is 14.6. The lowest BCUT2D eigenvalue weighted by Gasteiger charge is -2.13. The number of nitrogens with one attached hydrogen (secondary N) is 1. The Balaban J connectivity index is 2.29. The number of rotatable bonds is 6. The van der Waals surface area contributed by atoms with Crippen LogP contribution in [0.2, 0.25) is 0 Å². The minimum absolute atomic E-state index is 0.204. The Hall–Kier alpha value is -1.47. The monoisotopic (exact) mass is 271 g/mol. The number of amides is 1. The van der Waals surface area contributed by atoms with Gasteiger partial charge in [-0.05, 0) is 18.6 Å². The predicted molar refractivity (Wildman–Crippen MR) is 68.7 cm³/mol. The molecule has 1 aromatic rings. The maximum absolute atomic E-state index is 11.6. The second-order valence-electron chi connectivity index (χ2n) is 3.94. The summed E-state index contributed by atoms with van der Waals surface area (Å²) < 4.78 is 23.5. The summed E-state index contributed by atoms with van der Waals surface area (Å²) in [5.74, 6) is -0.204. The van der Waals surface area contributed by atoms with Crippen molar-refractivity contribution in [2.75, 3.05) is 26.4 Å². The lowest BCUT2D eigenvalue weighted by molar-refractivity contribution is 0.0952. The van der Waals surface area contributed by atoms with Gasteiger partial charge >= 0.3 is 0 Å². The number of aromatic nitrogens is 1. The van der Waals surface area contributed by atoms with Crippen molar-refractivity contribution in [3.63, 3.8) is 0 Å². The van der Waals surface area contributed by atoms with Crippen LogP contribution >= 0.6 is 0 Å². The van der Waals surface area contributed by atoms with Crippen LogP contribution in [0.4, 0.5) is 0 Å². The molecule has 0 aliphatic heterocycles. The zero-order valence-electron chi connectivity index (χ0n) is 10.5. The number of carbonyl (C=O) groups is 1. The maximum atomic E-state index is 11.6. The van der Waals surface area contributed by atoms with Crippen molar-refractivity contribution in [3.05, 3.63) is 30.1 Å². The number of carbonyl (C=O) groups excluding carboxylic acids is 1. The van der Waals surface area contributed by atoms with Crippen LogP contribution in [0, 0.1) is 0 Å². The molecule has 0 atom stereocenters. The van der Waals surface area contributed by atoms with Gasteiger partial charge in [0.05, 0.1) is 11.8 Å². The topological polar surface area (TPSA) is 79.4 Å². The first-order valence-corrected chi connectivity index (χ1v) is 7.35.